The summed E-state index contributed by atoms with van der Waals surface area (Å²) in [6.45, 7) is 3.36. The Labute approximate surface area is 54.7 Å². The molecule has 2 N–H and O–H groups in total. The second-order valence-electron chi connectivity index (χ2n) is 2.47. The van der Waals surface area contributed by atoms with Gasteiger partial charge >= 0.3 is 0 Å². The van der Waals surface area contributed by atoms with Crippen LogP contribution in [0, 0.1) is 5.92 Å². The van der Waals surface area contributed by atoms with Gasteiger partial charge in [-0.1, -0.05) is 6.58 Å². The Balaban J connectivity index is 2.39. The van der Waals surface area contributed by atoms with Gasteiger partial charge in [0.15, 0.2) is 5.78 Å². The summed E-state index contributed by atoms with van der Waals surface area (Å²) in [5, 5.41) is 0. The lowest BCUT2D eigenvalue weighted by Gasteiger charge is -2.02. The van der Waals surface area contributed by atoms with E-state index in [1.165, 1.54) is 6.08 Å². The number of hydrogen-bond acceptors (Lipinski definition) is 2. The highest BCUT2D eigenvalue weighted by Crippen LogP contribution is 2.31. The maximum absolute atomic E-state index is 10.8. The third-order valence-corrected chi connectivity index (χ3v) is 1.66. The lowest BCUT2D eigenvalue weighted by Crippen LogP contribution is -2.30. The van der Waals surface area contributed by atoms with Crippen LogP contribution in [0.3, 0.4) is 0 Å². The van der Waals surface area contributed by atoms with E-state index in [1.54, 1.807) is 0 Å². The van der Waals surface area contributed by atoms with Crippen molar-refractivity contribution < 1.29 is 4.79 Å². The second kappa shape index (κ2) is 2.31. The molecule has 0 heterocycles. The van der Waals surface area contributed by atoms with Crippen LogP contribution in [0.1, 0.15) is 12.8 Å². The fraction of sp³-hybridized carbons (Fsp3) is 0.571. The molecular formula is C7H11NO. The van der Waals surface area contributed by atoms with Crippen LogP contribution in [0.5, 0.6) is 0 Å². The second-order valence-corrected chi connectivity index (χ2v) is 2.47. The first kappa shape index (κ1) is 6.49. The minimum atomic E-state index is -0.262. The van der Waals surface area contributed by atoms with E-state index in [4.69, 9.17) is 5.73 Å². The van der Waals surface area contributed by atoms with Gasteiger partial charge in [0.2, 0.25) is 0 Å². The Morgan fingerprint density at radius 3 is 2.67 bits per heavy atom. The highest BCUT2D eigenvalue weighted by atomic mass is 16.1. The molecule has 1 fully saturated rings. The summed E-state index contributed by atoms with van der Waals surface area (Å²) in [5.41, 5.74) is 5.51. The minimum absolute atomic E-state index is 0.0162. The maximum atomic E-state index is 10.8. The van der Waals surface area contributed by atoms with Gasteiger partial charge in [0.1, 0.15) is 0 Å². The van der Waals surface area contributed by atoms with Crippen molar-refractivity contribution in [2.24, 2.45) is 11.7 Å². The normalized spacial score (nSPS) is 21.0. The Bertz CT molecular complexity index is 138. The number of ketones is 1. The van der Waals surface area contributed by atoms with Gasteiger partial charge in [-0.25, -0.2) is 0 Å². The van der Waals surface area contributed by atoms with Gasteiger partial charge in [-0.05, 0) is 24.8 Å². The third kappa shape index (κ3) is 1.39. The summed E-state index contributed by atoms with van der Waals surface area (Å²) in [6, 6.07) is -0.262. The van der Waals surface area contributed by atoms with E-state index in [-0.39, 0.29) is 11.8 Å². The van der Waals surface area contributed by atoms with Crippen LogP contribution >= 0.6 is 0 Å². The number of carbonyl (C=O) groups is 1. The standard InChI is InChI=1S/C7H11NO/c1-2-6(9)7(8)5-3-4-5/h2,5,7H,1,3-4,8H2. The first-order valence-electron chi connectivity index (χ1n) is 3.17. The van der Waals surface area contributed by atoms with E-state index in [0.717, 1.165) is 12.8 Å². The largest absolute Gasteiger partial charge is 0.321 e. The van der Waals surface area contributed by atoms with Crippen molar-refractivity contribution >= 4 is 5.78 Å². The quantitative estimate of drug-likeness (QED) is 0.557. The topological polar surface area (TPSA) is 43.1 Å². The zero-order chi connectivity index (χ0) is 6.85. The van der Waals surface area contributed by atoms with Gasteiger partial charge in [0.05, 0.1) is 6.04 Å². The zero-order valence-corrected chi connectivity index (χ0v) is 5.34. The van der Waals surface area contributed by atoms with Crippen LogP contribution < -0.4 is 5.73 Å². The van der Waals surface area contributed by atoms with Gasteiger partial charge in [-0.3, -0.25) is 4.79 Å². The molecule has 1 saturated carbocycles. The average molecular weight is 125 g/mol. The van der Waals surface area contributed by atoms with Crippen molar-refractivity contribution in [3.05, 3.63) is 12.7 Å². The number of hydrogen-bond donors (Lipinski definition) is 1. The fourth-order valence-corrected chi connectivity index (χ4v) is 0.824. The molecule has 1 rings (SSSR count). The molecule has 0 radical (unpaired) electrons. The molecule has 0 saturated heterocycles. The monoisotopic (exact) mass is 125 g/mol. The lowest BCUT2D eigenvalue weighted by atomic mass is 10.1. The molecule has 50 valence electrons. The van der Waals surface area contributed by atoms with E-state index in [9.17, 15) is 4.79 Å². The highest BCUT2D eigenvalue weighted by molar-refractivity contribution is 5.94. The van der Waals surface area contributed by atoms with Crippen molar-refractivity contribution in [3.8, 4) is 0 Å². The average Bonchev–Trinajstić information content (AvgIpc) is 2.66. The smallest absolute Gasteiger partial charge is 0.172 e. The molecule has 0 amide bonds. The fourth-order valence-electron chi connectivity index (χ4n) is 0.824. The Morgan fingerprint density at radius 2 is 2.33 bits per heavy atom. The molecule has 2 nitrogen and oxygen atoms in total. The van der Waals surface area contributed by atoms with Crippen LogP contribution in [-0.2, 0) is 4.79 Å². The van der Waals surface area contributed by atoms with E-state index in [2.05, 4.69) is 6.58 Å². The summed E-state index contributed by atoms with van der Waals surface area (Å²) < 4.78 is 0. The summed E-state index contributed by atoms with van der Waals surface area (Å²) in [4.78, 5) is 10.8. The van der Waals surface area contributed by atoms with Crippen LogP contribution in [0.15, 0.2) is 12.7 Å². The molecule has 1 aliphatic carbocycles. The predicted molar refractivity (Wildman–Crippen MR) is 35.9 cm³/mol. The molecule has 0 aromatic carbocycles. The molecule has 9 heavy (non-hydrogen) atoms. The van der Waals surface area contributed by atoms with Gasteiger partial charge < -0.3 is 5.73 Å². The van der Waals surface area contributed by atoms with Gasteiger partial charge in [-0.2, -0.15) is 0 Å². The summed E-state index contributed by atoms with van der Waals surface area (Å²) in [6.07, 6.45) is 3.53. The van der Waals surface area contributed by atoms with Crippen molar-refractivity contribution in [1.82, 2.24) is 0 Å². The van der Waals surface area contributed by atoms with E-state index >= 15 is 0 Å². The Hall–Kier alpha value is -0.630. The van der Waals surface area contributed by atoms with Gasteiger partial charge in [0, 0.05) is 0 Å². The molecule has 2 heteroatoms. The summed E-state index contributed by atoms with van der Waals surface area (Å²) in [5.74, 6) is 0.438. The maximum Gasteiger partial charge on any atom is 0.172 e. The lowest BCUT2D eigenvalue weighted by molar-refractivity contribution is -0.116. The number of rotatable bonds is 3. The van der Waals surface area contributed by atoms with E-state index in [0.29, 0.717) is 5.92 Å². The molecule has 0 aromatic heterocycles. The highest BCUT2D eigenvalue weighted by Gasteiger charge is 2.31. The van der Waals surface area contributed by atoms with Crippen LogP contribution in [-0.4, -0.2) is 11.8 Å². The number of carbonyl (C=O) groups excluding carboxylic acids is 1. The SMILES string of the molecule is C=CC(=O)C(N)C1CC1. The molecule has 0 spiro atoms. The van der Waals surface area contributed by atoms with Crippen molar-refractivity contribution in [3.63, 3.8) is 0 Å². The van der Waals surface area contributed by atoms with E-state index in [1.807, 2.05) is 0 Å². The molecule has 0 aliphatic heterocycles. The van der Waals surface area contributed by atoms with Crippen molar-refractivity contribution in [1.29, 1.82) is 0 Å². The van der Waals surface area contributed by atoms with Crippen molar-refractivity contribution in [2.45, 2.75) is 18.9 Å². The van der Waals surface area contributed by atoms with Crippen LogP contribution in [0.4, 0.5) is 0 Å². The minimum Gasteiger partial charge on any atom is -0.321 e. The molecule has 0 bridgehead atoms. The molecule has 0 aromatic rings. The molecule has 1 aliphatic rings. The molecule has 1 unspecified atom stereocenters. The number of nitrogens with two attached hydrogens (primary N) is 1. The summed E-state index contributed by atoms with van der Waals surface area (Å²) >= 11 is 0. The summed E-state index contributed by atoms with van der Waals surface area (Å²) in [7, 11) is 0. The Morgan fingerprint density at radius 1 is 1.78 bits per heavy atom. The van der Waals surface area contributed by atoms with Crippen molar-refractivity contribution in [2.75, 3.05) is 0 Å². The molecular weight excluding hydrogens is 114 g/mol. The third-order valence-electron chi connectivity index (χ3n) is 1.66. The first-order chi connectivity index (χ1) is 4.25. The van der Waals surface area contributed by atoms with Gasteiger partial charge in [0.25, 0.3) is 0 Å². The van der Waals surface area contributed by atoms with Crippen LogP contribution in [0.25, 0.3) is 0 Å². The first-order valence-corrected chi connectivity index (χ1v) is 3.17. The molecule has 1 atom stereocenters. The van der Waals surface area contributed by atoms with E-state index < -0.39 is 0 Å². The zero-order valence-electron chi connectivity index (χ0n) is 5.34. The van der Waals surface area contributed by atoms with Crippen LogP contribution in [0.2, 0.25) is 0 Å². The Kier molecular flexibility index (Phi) is 1.67. The van der Waals surface area contributed by atoms with Gasteiger partial charge in [-0.15, -0.1) is 0 Å². The predicted octanol–water partition coefficient (Wildman–Crippen LogP) is 0.479.